The number of alkyl halides is 3. The Morgan fingerprint density at radius 3 is 2.68 bits per heavy atom. The zero-order chi connectivity index (χ0) is 13.9. The van der Waals surface area contributed by atoms with Crippen LogP contribution < -0.4 is 5.32 Å². The fourth-order valence-corrected chi connectivity index (χ4v) is 1.84. The third-order valence-electron chi connectivity index (χ3n) is 2.87. The summed E-state index contributed by atoms with van der Waals surface area (Å²) in [5, 5.41) is 2.70. The van der Waals surface area contributed by atoms with Gasteiger partial charge < -0.3 is 10.1 Å². The molecule has 0 unspecified atom stereocenters. The molecule has 0 saturated carbocycles. The number of carbonyl (C=O) groups excluding carboxylic acids is 1. The number of nitrogens with one attached hydrogen (secondary N) is 1. The maximum absolute atomic E-state index is 12.5. The van der Waals surface area contributed by atoms with Crippen LogP contribution in [0.3, 0.4) is 0 Å². The van der Waals surface area contributed by atoms with E-state index in [1.165, 1.54) is 6.07 Å². The Balaban J connectivity index is 2.06. The molecule has 0 atom stereocenters. The van der Waals surface area contributed by atoms with Gasteiger partial charge in [-0.25, -0.2) is 0 Å². The molecule has 1 fully saturated rings. The molecule has 4 nitrogen and oxygen atoms in total. The largest absolute Gasteiger partial charge is 0.433 e. The van der Waals surface area contributed by atoms with Crippen LogP contribution in [0.15, 0.2) is 18.3 Å². The van der Waals surface area contributed by atoms with Crippen molar-refractivity contribution in [1.29, 1.82) is 0 Å². The minimum absolute atomic E-state index is 0.0335. The van der Waals surface area contributed by atoms with Crippen molar-refractivity contribution in [3.63, 3.8) is 0 Å². The van der Waals surface area contributed by atoms with E-state index >= 15 is 0 Å². The first-order valence-corrected chi connectivity index (χ1v) is 5.88. The molecule has 104 valence electrons. The first-order chi connectivity index (χ1) is 8.97. The number of pyridine rings is 1. The number of amides is 1. The van der Waals surface area contributed by atoms with Gasteiger partial charge in [0, 0.05) is 31.0 Å². The van der Waals surface area contributed by atoms with E-state index in [0.29, 0.717) is 26.1 Å². The highest BCUT2D eigenvalue weighted by atomic mass is 19.4. The average molecular weight is 274 g/mol. The van der Waals surface area contributed by atoms with Gasteiger partial charge in [0.05, 0.1) is 0 Å². The van der Waals surface area contributed by atoms with Crippen molar-refractivity contribution < 1.29 is 22.7 Å². The second-order valence-corrected chi connectivity index (χ2v) is 4.29. The van der Waals surface area contributed by atoms with Crippen molar-refractivity contribution in [1.82, 2.24) is 10.3 Å². The van der Waals surface area contributed by atoms with Gasteiger partial charge in [-0.15, -0.1) is 0 Å². The van der Waals surface area contributed by atoms with Gasteiger partial charge in [-0.2, -0.15) is 13.2 Å². The summed E-state index contributed by atoms with van der Waals surface area (Å²) in [7, 11) is 0. The molecule has 1 amide bonds. The zero-order valence-electron chi connectivity index (χ0n) is 10.0. The molecular formula is C12H13F3N2O2. The van der Waals surface area contributed by atoms with Crippen LogP contribution in [0.25, 0.3) is 0 Å². The highest BCUT2D eigenvalue weighted by Crippen LogP contribution is 2.27. The number of hydrogen-bond donors (Lipinski definition) is 1. The van der Waals surface area contributed by atoms with E-state index < -0.39 is 17.8 Å². The van der Waals surface area contributed by atoms with E-state index in [2.05, 4.69) is 10.3 Å². The van der Waals surface area contributed by atoms with Crippen LogP contribution >= 0.6 is 0 Å². The molecule has 1 aromatic rings. The fraction of sp³-hybridized carbons (Fsp3) is 0.500. The van der Waals surface area contributed by atoms with E-state index in [-0.39, 0.29) is 11.6 Å². The smallest absolute Gasteiger partial charge is 0.381 e. The Morgan fingerprint density at radius 1 is 1.37 bits per heavy atom. The summed E-state index contributed by atoms with van der Waals surface area (Å²) in [5.74, 6) is -0.514. The molecule has 1 aromatic heterocycles. The second kappa shape index (κ2) is 5.56. The van der Waals surface area contributed by atoms with Crippen LogP contribution in [0.2, 0.25) is 0 Å². The van der Waals surface area contributed by atoms with Gasteiger partial charge >= 0.3 is 6.18 Å². The predicted molar refractivity (Wildman–Crippen MR) is 60.5 cm³/mol. The second-order valence-electron chi connectivity index (χ2n) is 4.29. The van der Waals surface area contributed by atoms with Crippen LogP contribution in [0.5, 0.6) is 0 Å². The average Bonchev–Trinajstić information content (AvgIpc) is 2.39. The Morgan fingerprint density at radius 2 is 2.05 bits per heavy atom. The van der Waals surface area contributed by atoms with Crippen LogP contribution in [-0.2, 0) is 10.9 Å². The molecule has 0 aliphatic carbocycles. The fourth-order valence-electron chi connectivity index (χ4n) is 1.84. The summed E-state index contributed by atoms with van der Waals surface area (Å²) in [4.78, 5) is 15.1. The lowest BCUT2D eigenvalue weighted by Gasteiger charge is -2.23. The van der Waals surface area contributed by atoms with Crippen molar-refractivity contribution in [2.24, 2.45) is 0 Å². The van der Waals surface area contributed by atoms with E-state index in [0.717, 1.165) is 12.3 Å². The summed E-state index contributed by atoms with van der Waals surface area (Å²) in [6, 6.07) is 1.97. The first kappa shape index (κ1) is 13.8. The highest BCUT2D eigenvalue weighted by molar-refractivity contribution is 5.94. The number of halogens is 3. The molecular weight excluding hydrogens is 261 g/mol. The van der Waals surface area contributed by atoms with Gasteiger partial charge in [0.2, 0.25) is 0 Å². The minimum atomic E-state index is -4.55. The predicted octanol–water partition coefficient (Wildman–Crippen LogP) is 2.01. The Hall–Kier alpha value is -1.63. The highest BCUT2D eigenvalue weighted by Gasteiger charge is 2.33. The van der Waals surface area contributed by atoms with E-state index in [9.17, 15) is 18.0 Å². The van der Waals surface area contributed by atoms with Crippen molar-refractivity contribution in [2.45, 2.75) is 25.1 Å². The quantitative estimate of drug-likeness (QED) is 0.897. The van der Waals surface area contributed by atoms with E-state index in [1.54, 1.807) is 0 Å². The number of aromatic nitrogens is 1. The summed E-state index contributed by atoms with van der Waals surface area (Å²) in [6.45, 7) is 1.10. The standard InChI is InChI=1S/C12H13F3N2O2/c13-12(14,15)10-7-8(1-4-16-10)11(18)17-9-2-5-19-6-3-9/h1,4,7,9H,2-3,5-6H2,(H,17,18). The molecule has 7 heteroatoms. The monoisotopic (exact) mass is 274 g/mol. The first-order valence-electron chi connectivity index (χ1n) is 5.88. The summed E-state index contributed by atoms with van der Waals surface area (Å²) < 4.78 is 42.6. The number of carbonyl (C=O) groups is 1. The van der Waals surface area contributed by atoms with E-state index in [4.69, 9.17) is 4.74 Å². The van der Waals surface area contributed by atoms with Crippen molar-refractivity contribution in [2.75, 3.05) is 13.2 Å². The van der Waals surface area contributed by atoms with Gasteiger partial charge in [-0.1, -0.05) is 0 Å². The lowest BCUT2D eigenvalue weighted by atomic mass is 10.1. The Labute approximate surface area is 108 Å². The molecule has 1 N–H and O–H groups in total. The third-order valence-corrected chi connectivity index (χ3v) is 2.87. The normalized spacial score (nSPS) is 17.2. The number of rotatable bonds is 2. The maximum atomic E-state index is 12.5. The molecule has 1 aliphatic rings. The summed E-state index contributed by atoms with van der Waals surface area (Å²) >= 11 is 0. The molecule has 1 saturated heterocycles. The molecule has 19 heavy (non-hydrogen) atoms. The van der Waals surface area contributed by atoms with Crippen LogP contribution in [0.1, 0.15) is 28.9 Å². The van der Waals surface area contributed by atoms with Crippen molar-refractivity contribution in [3.05, 3.63) is 29.6 Å². The van der Waals surface area contributed by atoms with Crippen LogP contribution in [0, 0.1) is 0 Å². The molecule has 2 rings (SSSR count). The van der Waals surface area contributed by atoms with Crippen LogP contribution in [0.4, 0.5) is 13.2 Å². The Bertz CT molecular complexity index is 457. The van der Waals surface area contributed by atoms with Crippen molar-refractivity contribution in [3.8, 4) is 0 Å². The third kappa shape index (κ3) is 3.66. The number of ether oxygens (including phenoxy) is 1. The molecule has 2 heterocycles. The molecule has 0 spiro atoms. The zero-order valence-corrected chi connectivity index (χ0v) is 10.0. The van der Waals surface area contributed by atoms with Crippen molar-refractivity contribution >= 4 is 5.91 Å². The minimum Gasteiger partial charge on any atom is -0.381 e. The lowest BCUT2D eigenvalue weighted by molar-refractivity contribution is -0.141. The lowest BCUT2D eigenvalue weighted by Crippen LogP contribution is -2.39. The molecule has 0 radical (unpaired) electrons. The van der Waals surface area contributed by atoms with Gasteiger partial charge in [0.25, 0.3) is 5.91 Å². The molecule has 1 aliphatic heterocycles. The van der Waals surface area contributed by atoms with Gasteiger partial charge in [0.15, 0.2) is 0 Å². The van der Waals surface area contributed by atoms with Crippen LogP contribution in [-0.4, -0.2) is 30.1 Å². The van der Waals surface area contributed by atoms with Gasteiger partial charge in [-0.05, 0) is 25.0 Å². The summed E-state index contributed by atoms with van der Waals surface area (Å²) in [6.07, 6.45) is -2.22. The SMILES string of the molecule is O=C(NC1CCOCC1)c1ccnc(C(F)(F)F)c1. The number of nitrogens with zero attached hydrogens (tertiary/aromatic N) is 1. The summed E-state index contributed by atoms with van der Waals surface area (Å²) in [5.41, 5.74) is -1.10. The topological polar surface area (TPSA) is 51.2 Å². The van der Waals surface area contributed by atoms with E-state index in [1.807, 2.05) is 0 Å². The molecule has 0 bridgehead atoms. The van der Waals surface area contributed by atoms with Gasteiger partial charge in [-0.3, -0.25) is 9.78 Å². The number of hydrogen-bond acceptors (Lipinski definition) is 3. The van der Waals surface area contributed by atoms with Gasteiger partial charge in [0.1, 0.15) is 5.69 Å². The maximum Gasteiger partial charge on any atom is 0.433 e. The Kier molecular flexibility index (Phi) is 4.04. The molecule has 0 aromatic carbocycles.